The fourth-order valence-corrected chi connectivity index (χ4v) is 14.0. The van der Waals surface area contributed by atoms with Gasteiger partial charge in [0, 0.05) is 27.8 Å². The zero-order chi connectivity index (χ0) is 50.0. The van der Waals surface area contributed by atoms with E-state index < -0.39 is 10.8 Å². The number of rotatable bonds is 7. The van der Waals surface area contributed by atoms with Crippen molar-refractivity contribution in [1.29, 1.82) is 0 Å². The Morgan fingerprint density at radius 3 is 1.34 bits per heavy atom. The van der Waals surface area contributed by atoms with Crippen molar-refractivity contribution in [2.45, 2.75) is 10.8 Å². The zero-order valence-electron chi connectivity index (χ0n) is 41.6. The summed E-state index contributed by atoms with van der Waals surface area (Å²) in [6, 6.07) is 109. The second-order valence-corrected chi connectivity index (χ2v) is 20.7. The summed E-state index contributed by atoms with van der Waals surface area (Å²) in [7, 11) is 0. The molecule has 0 radical (unpaired) electrons. The molecule has 16 rings (SSSR count). The molecule has 12 aromatic carbocycles. The van der Waals surface area contributed by atoms with Gasteiger partial charge in [-0.25, -0.2) is 0 Å². The van der Waals surface area contributed by atoms with Crippen molar-refractivity contribution in [2.24, 2.45) is 0 Å². The van der Waals surface area contributed by atoms with Crippen LogP contribution in [-0.4, -0.2) is 4.57 Å². The topological polar surface area (TPSA) is 8.17 Å². The molecule has 76 heavy (non-hydrogen) atoms. The number of hydrogen-bond donors (Lipinski definition) is 0. The smallest absolute Gasteiger partial charge is 0.0755 e. The molecule has 0 fully saturated rings. The van der Waals surface area contributed by atoms with Crippen molar-refractivity contribution in [2.75, 3.05) is 4.90 Å². The highest BCUT2D eigenvalue weighted by Gasteiger charge is 2.51. The van der Waals surface area contributed by atoms with E-state index in [0.717, 1.165) is 17.1 Å². The van der Waals surface area contributed by atoms with E-state index in [1.807, 2.05) is 0 Å². The number of nitrogens with zero attached hydrogens (tertiary/aromatic N) is 2. The third kappa shape index (κ3) is 5.81. The number of aromatic nitrogens is 1. The van der Waals surface area contributed by atoms with Crippen LogP contribution < -0.4 is 4.90 Å². The Balaban J connectivity index is 0.908. The fourth-order valence-electron chi connectivity index (χ4n) is 14.0. The van der Waals surface area contributed by atoms with E-state index >= 15 is 0 Å². The quantitative estimate of drug-likeness (QED) is 0.155. The van der Waals surface area contributed by atoms with Gasteiger partial charge in [-0.3, -0.25) is 0 Å². The lowest BCUT2D eigenvalue weighted by Gasteiger charge is -2.40. The van der Waals surface area contributed by atoms with Gasteiger partial charge in [0.1, 0.15) is 0 Å². The van der Waals surface area contributed by atoms with Crippen molar-refractivity contribution in [1.82, 2.24) is 4.57 Å². The van der Waals surface area contributed by atoms with Crippen LogP contribution in [0.1, 0.15) is 44.5 Å². The summed E-state index contributed by atoms with van der Waals surface area (Å²) >= 11 is 0. The van der Waals surface area contributed by atoms with Crippen LogP contribution in [0.4, 0.5) is 17.1 Å². The highest BCUT2D eigenvalue weighted by molar-refractivity contribution is 6.13. The summed E-state index contributed by atoms with van der Waals surface area (Å²) in [6.45, 7) is 0. The maximum atomic E-state index is 2.53. The molecule has 13 aromatic rings. The maximum absolute atomic E-state index is 2.53. The van der Waals surface area contributed by atoms with Crippen LogP contribution in [0.25, 0.3) is 72.0 Å². The third-order valence-electron chi connectivity index (χ3n) is 17.1. The van der Waals surface area contributed by atoms with Crippen molar-refractivity contribution >= 4 is 38.9 Å². The van der Waals surface area contributed by atoms with Gasteiger partial charge in [-0.15, -0.1) is 0 Å². The van der Waals surface area contributed by atoms with E-state index in [1.165, 1.54) is 117 Å². The van der Waals surface area contributed by atoms with Crippen LogP contribution in [-0.2, 0) is 10.8 Å². The summed E-state index contributed by atoms with van der Waals surface area (Å²) in [5.41, 5.74) is 26.2. The molecule has 0 amide bonds. The third-order valence-corrected chi connectivity index (χ3v) is 17.1. The molecule has 1 aromatic heterocycles. The normalized spacial score (nSPS) is 15.0. The van der Waals surface area contributed by atoms with Crippen molar-refractivity contribution in [3.05, 3.63) is 336 Å². The Hall–Kier alpha value is -9.76. The molecule has 1 aliphatic heterocycles. The van der Waals surface area contributed by atoms with Gasteiger partial charge in [-0.2, -0.15) is 0 Å². The van der Waals surface area contributed by atoms with E-state index in [-0.39, 0.29) is 0 Å². The standard InChI is InChI=1S/C74H48N2/c1-3-18-49(19-4-1)50-34-36-51(37-35-50)52-38-42-55(43-39-52)75(56-44-40-54(41-45-56)73(53-20-5-2-6-21-53)64-27-11-7-22-58(64)59-23-8-12-28-65(59)73)57-46-47-61-60-24-9-13-29-66(60)74(69(61)48-57)67-30-14-16-33-71(67)76-70-32-15-10-25-62(70)63-26-17-31-68(74)72(63)76/h1-48H. The van der Waals surface area contributed by atoms with Gasteiger partial charge in [-0.1, -0.05) is 243 Å². The Morgan fingerprint density at radius 1 is 0.263 bits per heavy atom. The molecule has 3 aliphatic rings. The van der Waals surface area contributed by atoms with Crippen molar-refractivity contribution in [3.8, 4) is 50.2 Å². The first-order valence-corrected chi connectivity index (χ1v) is 26.5. The van der Waals surface area contributed by atoms with Gasteiger partial charge >= 0.3 is 0 Å². The summed E-state index contributed by atoms with van der Waals surface area (Å²) in [4.78, 5) is 2.47. The largest absolute Gasteiger partial charge is 0.310 e. The van der Waals surface area contributed by atoms with Crippen LogP contribution >= 0.6 is 0 Å². The predicted molar refractivity (Wildman–Crippen MR) is 315 cm³/mol. The van der Waals surface area contributed by atoms with Crippen LogP contribution in [0.5, 0.6) is 0 Å². The molecule has 1 unspecified atom stereocenters. The van der Waals surface area contributed by atoms with Crippen LogP contribution in [0.15, 0.2) is 291 Å². The molecule has 1 spiro atoms. The minimum absolute atomic E-state index is 0.501. The molecule has 0 bridgehead atoms. The first-order chi connectivity index (χ1) is 37.7. The van der Waals surface area contributed by atoms with Crippen molar-refractivity contribution in [3.63, 3.8) is 0 Å². The Kier molecular flexibility index (Phi) is 9.20. The number of fused-ring (bicyclic) bond motifs is 15. The second-order valence-electron chi connectivity index (χ2n) is 20.7. The van der Waals surface area contributed by atoms with Gasteiger partial charge in [0.15, 0.2) is 0 Å². The average Bonchev–Trinajstić information content (AvgIpc) is 4.18. The SMILES string of the molecule is c1ccc(-c2ccc(-c3ccc(N(c4ccc(C5(c6ccccc6)c6ccccc6-c6ccccc65)cc4)c4ccc5c(c4)C4(c6ccccc6-5)c5ccccc5-n5c6ccccc6c6cccc4c65)cc3)cc2)cc1. The van der Waals surface area contributed by atoms with Gasteiger partial charge in [-0.05, 0) is 138 Å². The van der Waals surface area contributed by atoms with E-state index in [1.54, 1.807) is 0 Å². The van der Waals surface area contributed by atoms with Crippen LogP contribution in [0.3, 0.4) is 0 Å². The van der Waals surface area contributed by atoms with Crippen molar-refractivity contribution < 1.29 is 0 Å². The summed E-state index contributed by atoms with van der Waals surface area (Å²) in [5, 5.41) is 2.55. The first kappa shape index (κ1) is 42.7. The minimum Gasteiger partial charge on any atom is -0.310 e. The lowest BCUT2D eigenvalue weighted by molar-refractivity contribution is 0.748. The van der Waals surface area contributed by atoms with E-state index in [2.05, 4.69) is 301 Å². The number of anilines is 3. The zero-order valence-corrected chi connectivity index (χ0v) is 41.6. The van der Waals surface area contributed by atoms with E-state index in [9.17, 15) is 0 Å². The van der Waals surface area contributed by atoms with E-state index in [4.69, 9.17) is 0 Å². The Labute approximate surface area is 442 Å². The summed E-state index contributed by atoms with van der Waals surface area (Å²) < 4.78 is 2.53. The molecular formula is C74H48N2. The minimum atomic E-state index is -0.584. The van der Waals surface area contributed by atoms with Gasteiger partial charge < -0.3 is 9.47 Å². The van der Waals surface area contributed by atoms with Crippen LogP contribution in [0, 0.1) is 0 Å². The average molecular weight is 965 g/mol. The fraction of sp³-hybridized carbons (Fsp3) is 0.0270. The molecule has 1 atom stereocenters. The maximum Gasteiger partial charge on any atom is 0.0755 e. The molecule has 0 N–H and O–H groups in total. The lowest BCUT2D eigenvalue weighted by Crippen LogP contribution is -2.33. The number of benzene rings is 12. The molecule has 2 nitrogen and oxygen atoms in total. The molecular weight excluding hydrogens is 917 g/mol. The molecule has 2 heterocycles. The Morgan fingerprint density at radius 2 is 0.697 bits per heavy atom. The van der Waals surface area contributed by atoms with Gasteiger partial charge in [0.25, 0.3) is 0 Å². The van der Waals surface area contributed by atoms with Crippen LogP contribution in [0.2, 0.25) is 0 Å². The highest BCUT2D eigenvalue weighted by atomic mass is 15.1. The molecule has 0 saturated heterocycles. The molecule has 2 heteroatoms. The number of para-hydroxylation sites is 3. The number of hydrogen-bond acceptors (Lipinski definition) is 1. The lowest BCUT2D eigenvalue weighted by atomic mass is 9.65. The monoisotopic (exact) mass is 964 g/mol. The second kappa shape index (κ2) is 16.4. The summed E-state index contributed by atoms with van der Waals surface area (Å²) in [5.74, 6) is 0. The first-order valence-electron chi connectivity index (χ1n) is 26.5. The highest BCUT2D eigenvalue weighted by Crippen LogP contribution is 2.62. The van der Waals surface area contributed by atoms with E-state index in [0.29, 0.717) is 0 Å². The van der Waals surface area contributed by atoms with Gasteiger partial charge in [0.2, 0.25) is 0 Å². The summed E-state index contributed by atoms with van der Waals surface area (Å²) in [6.07, 6.45) is 0. The molecule has 2 aliphatic carbocycles. The molecule has 354 valence electrons. The van der Waals surface area contributed by atoms with Gasteiger partial charge in [0.05, 0.1) is 27.6 Å². The Bertz CT molecular complexity index is 4390. The predicted octanol–water partition coefficient (Wildman–Crippen LogP) is 18.6. The molecule has 0 saturated carbocycles.